The fourth-order valence-electron chi connectivity index (χ4n) is 1.97. The van der Waals surface area contributed by atoms with Crippen LogP contribution in [0.1, 0.15) is 10.4 Å². The van der Waals surface area contributed by atoms with Crippen LogP contribution < -0.4 is 9.47 Å². The van der Waals surface area contributed by atoms with Crippen LogP contribution in [-0.2, 0) is 0 Å². The fraction of sp³-hybridized carbons (Fsp3) is 0.133. The zero-order valence-corrected chi connectivity index (χ0v) is 11.1. The number of phenols is 2. The first kappa shape index (κ1) is 13.7. The molecule has 2 aromatic carbocycles. The van der Waals surface area contributed by atoms with E-state index < -0.39 is 0 Å². The summed E-state index contributed by atoms with van der Waals surface area (Å²) in [5.41, 5.74) is 1.47. The van der Waals surface area contributed by atoms with Gasteiger partial charge in [-0.05, 0) is 5.56 Å². The van der Waals surface area contributed by atoms with Gasteiger partial charge >= 0.3 is 0 Å². The summed E-state index contributed by atoms with van der Waals surface area (Å²) in [4.78, 5) is 10.7. The van der Waals surface area contributed by atoms with Gasteiger partial charge in [-0.15, -0.1) is 0 Å². The Kier molecular flexibility index (Phi) is 3.79. The first-order valence-electron chi connectivity index (χ1n) is 5.85. The standard InChI is InChI=1S/C15H14O5/c1-19-12-7-11(17)13(15(20-2)14(12)18)10-5-3-9(8-16)4-6-10/h3-8,17-18H,1-2H3. The normalized spacial score (nSPS) is 10.1. The highest BCUT2D eigenvalue weighted by molar-refractivity contribution is 5.83. The van der Waals surface area contributed by atoms with E-state index in [1.54, 1.807) is 24.3 Å². The van der Waals surface area contributed by atoms with Gasteiger partial charge in [0, 0.05) is 11.6 Å². The highest BCUT2D eigenvalue weighted by atomic mass is 16.5. The SMILES string of the molecule is COc1cc(O)c(-c2ccc(C=O)cc2)c(OC)c1O. The number of rotatable bonds is 4. The van der Waals surface area contributed by atoms with Crippen LogP contribution in [0, 0.1) is 0 Å². The maximum Gasteiger partial charge on any atom is 0.201 e. The predicted molar refractivity (Wildman–Crippen MR) is 73.7 cm³/mol. The van der Waals surface area contributed by atoms with Gasteiger partial charge in [0.2, 0.25) is 5.75 Å². The second kappa shape index (κ2) is 5.52. The smallest absolute Gasteiger partial charge is 0.201 e. The Morgan fingerprint density at radius 3 is 2.20 bits per heavy atom. The van der Waals surface area contributed by atoms with Gasteiger partial charge in [-0.1, -0.05) is 24.3 Å². The summed E-state index contributed by atoms with van der Waals surface area (Å²) in [6, 6.07) is 7.85. The molecule has 0 aliphatic rings. The maximum atomic E-state index is 10.7. The predicted octanol–water partition coefficient (Wildman–Crippen LogP) is 2.59. The maximum absolute atomic E-state index is 10.7. The van der Waals surface area contributed by atoms with Gasteiger partial charge in [0.1, 0.15) is 12.0 Å². The molecule has 0 atom stereocenters. The Bertz CT molecular complexity index is 632. The molecule has 104 valence electrons. The molecular formula is C15H14O5. The molecule has 0 heterocycles. The number of methoxy groups -OCH3 is 2. The lowest BCUT2D eigenvalue weighted by Crippen LogP contribution is -1.93. The molecule has 0 fully saturated rings. The zero-order chi connectivity index (χ0) is 14.7. The number of carbonyl (C=O) groups excluding carboxylic acids is 1. The lowest BCUT2D eigenvalue weighted by molar-refractivity contribution is 0.112. The first-order valence-corrected chi connectivity index (χ1v) is 5.85. The van der Waals surface area contributed by atoms with Crippen LogP contribution in [0.4, 0.5) is 0 Å². The molecule has 2 N–H and O–H groups in total. The van der Waals surface area contributed by atoms with E-state index in [0.29, 0.717) is 16.7 Å². The second-order valence-electron chi connectivity index (χ2n) is 4.09. The van der Waals surface area contributed by atoms with E-state index in [2.05, 4.69) is 0 Å². The summed E-state index contributed by atoms with van der Waals surface area (Å²) in [5, 5.41) is 20.1. The summed E-state index contributed by atoms with van der Waals surface area (Å²) in [6.45, 7) is 0. The molecule has 5 heteroatoms. The molecule has 2 rings (SSSR count). The Morgan fingerprint density at radius 1 is 1.05 bits per heavy atom. The second-order valence-corrected chi connectivity index (χ2v) is 4.09. The number of aromatic hydroxyl groups is 2. The van der Waals surface area contributed by atoms with Crippen molar-refractivity contribution in [1.29, 1.82) is 0 Å². The van der Waals surface area contributed by atoms with Gasteiger partial charge < -0.3 is 19.7 Å². The molecule has 0 amide bonds. The molecule has 0 spiro atoms. The summed E-state index contributed by atoms with van der Waals surface area (Å²) in [6.07, 6.45) is 0.729. The molecule has 0 radical (unpaired) electrons. The lowest BCUT2D eigenvalue weighted by atomic mass is 10.0. The van der Waals surface area contributed by atoms with Crippen molar-refractivity contribution in [2.45, 2.75) is 0 Å². The van der Waals surface area contributed by atoms with Gasteiger partial charge in [0.05, 0.1) is 19.8 Å². The van der Waals surface area contributed by atoms with Gasteiger partial charge in [0.15, 0.2) is 11.5 Å². The average molecular weight is 274 g/mol. The Labute approximate surface area is 116 Å². The number of phenolic OH excluding ortho intramolecular Hbond substituents is 2. The van der Waals surface area contributed by atoms with Crippen LogP contribution in [0.5, 0.6) is 23.0 Å². The third-order valence-corrected chi connectivity index (χ3v) is 2.96. The number of aldehydes is 1. The van der Waals surface area contributed by atoms with E-state index in [1.807, 2.05) is 0 Å². The molecule has 0 bridgehead atoms. The lowest BCUT2D eigenvalue weighted by Gasteiger charge is -2.15. The van der Waals surface area contributed by atoms with E-state index in [9.17, 15) is 15.0 Å². The molecule has 5 nitrogen and oxygen atoms in total. The van der Waals surface area contributed by atoms with Gasteiger partial charge in [-0.25, -0.2) is 0 Å². The number of carbonyl (C=O) groups is 1. The minimum atomic E-state index is -0.192. The van der Waals surface area contributed by atoms with E-state index in [4.69, 9.17) is 9.47 Å². The number of hydrogen-bond acceptors (Lipinski definition) is 5. The summed E-state index contributed by atoms with van der Waals surface area (Å²) in [7, 11) is 2.77. The average Bonchev–Trinajstić information content (AvgIpc) is 2.48. The molecule has 0 aliphatic heterocycles. The molecule has 0 aromatic heterocycles. The summed E-state index contributed by atoms with van der Waals surface area (Å²) >= 11 is 0. The van der Waals surface area contributed by atoms with Crippen LogP contribution in [0.25, 0.3) is 11.1 Å². The van der Waals surface area contributed by atoms with Crippen molar-refractivity contribution in [2.75, 3.05) is 14.2 Å². The molecule has 0 aliphatic carbocycles. The van der Waals surface area contributed by atoms with Crippen LogP contribution in [-0.4, -0.2) is 30.7 Å². The third kappa shape index (κ3) is 2.25. The third-order valence-electron chi connectivity index (χ3n) is 2.96. The van der Waals surface area contributed by atoms with Gasteiger partial charge in [0.25, 0.3) is 0 Å². The van der Waals surface area contributed by atoms with Crippen molar-refractivity contribution in [3.63, 3.8) is 0 Å². The van der Waals surface area contributed by atoms with E-state index >= 15 is 0 Å². The van der Waals surface area contributed by atoms with Gasteiger partial charge in [-0.3, -0.25) is 4.79 Å². The van der Waals surface area contributed by atoms with E-state index in [0.717, 1.165) is 6.29 Å². The molecular weight excluding hydrogens is 260 g/mol. The highest BCUT2D eigenvalue weighted by Crippen LogP contribution is 2.48. The van der Waals surface area contributed by atoms with Crippen LogP contribution in [0.15, 0.2) is 30.3 Å². The van der Waals surface area contributed by atoms with Crippen molar-refractivity contribution in [2.24, 2.45) is 0 Å². The number of benzene rings is 2. The summed E-state index contributed by atoms with van der Waals surface area (Å²) in [5.74, 6) is -0.0501. The summed E-state index contributed by atoms with van der Waals surface area (Å²) < 4.78 is 10.1. The fourth-order valence-corrected chi connectivity index (χ4v) is 1.97. The van der Waals surface area contributed by atoms with Crippen molar-refractivity contribution < 1.29 is 24.5 Å². The topological polar surface area (TPSA) is 76.0 Å². The van der Waals surface area contributed by atoms with Crippen LogP contribution in [0.3, 0.4) is 0 Å². The Morgan fingerprint density at radius 2 is 1.70 bits per heavy atom. The monoisotopic (exact) mass is 274 g/mol. The number of ether oxygens (including phenoxy) is 2. The Balaban J connectivity index is 2.65. The molecule has 0 unspecified atom stereocenters. The van der Waals surface area contributed by atoms with Crippen LogP contribution in [0.2, 0.25) is 0 Å². The van der Waals surface area contributed by atoms with Crippen LogP contribution >= 0.6 is 0 Å². The van der Waals surface area contributed by atoms with Crippen molar-refractivity contribution in [3.05, 3.63) is 35.9 Å². The van der Waals surface area contributed by atoms with Crippen molar-refractivity contribution in [3.8, 4) is 34.1 Å². The zero-order valence-electron chi connectivity index (χ0n) is 11.1. The minimum Gasteiger partial charge on any atom is -0.507 e. The van der Waals surface area contributed by atoms with E-state index in [-0.39, 0.29) is 23.0 Å². The number of hydrogen-bond donors (Lipinski definition) is 2. The molecule has 20 heavy (non-hydrogen) atoms. The quantitative estimate of drug-likeness (QED) is 0.662. The van der Waals surface area contributed by atoms with Gasteiger partial charge in [-0.2, -0.15) is 0 Å². The largest absolute Gasteiger partial charge is 0.507 e. The Hall–Kier alpha value is -2.69. The van der Waals surface area contributed by atoms with Crippen molar-refractivity contribution in [1.82, 2.24) is 0 Å². The highest BCUT2D eigenvalue weighted by Gasteiger charge is 2.20. The molecule has 0 saturated carbocycles. The van der Waals surface area contributed by atoms with E-state index in [1.165, 1.54) is 20.3 Å². The molecule has 2 aromatic rings. The van der Waals surface area contributed by atoms with Crippen molar-refractivity contribution >= 4 is 6.29 Å². The first-order chi connectivity index (χ1) is 9.62. The minimum absolute atomic E-state index is 0.0876. The molecule has 0 saturated heterocycles.